The standard InChI is InChI=1S/C26H30N7OP/c1-26-10-6-7-17-11-20(12-18(23(17)26)15-33(2)16-26)29-25-28-14-19(13-27)24(32-25)31-21-8-5-9-22(30-21)35(3,4)34/h5,8-9,11-12,14H,6-7,10,15-16H2,1-4H3,(H2,28,29,30,31,32). The van der Waals surface area contributed by atoms with Gasteiger partial charge in [0.2, 0.25) is 5.95 Å². The minimum atomic E-state index is -2.52. The lowest BCUT2D eigenvalue weighted by Crippen LogP contribution is -2.44. The van der Waals surface area contributed by atoms with Crippen molar-refractivity contribution in [3.8, 4) is 6.07 Å². The van der Waals surface area contributed by atoms with E-state index in [1.807, 2.05) is 0 Å². The summed E-state index contributed by atoms with van der Waals surface area (Å²) < 4.78 is 12.4. The molecule has 0 amide bonds. The molecule has 0 radical (unpaired) electrons. The van der Waals surface area contributed by atoms with Crippen molar-refractivity contribution >= 4 is 35.8 Å². The Bertz CT molecular complexity index is 1390. The molecule has 1 unspecified atom stereocenters. The maximum absolute atomic E-state index is 12.4. The van der Waals surface area contributed by atoms with E-state index >= 15 is 0 Å². The maximum atomic E-state index is 12.4. The number of likely N-dealkylation sites (N-methyl/N-ethyl adjacent to an activating group) is 1. The van der Waals surface area contributed by atoms with Gasteiger partial charge in [0.15, 0.2) is 5.82 Å². The fourth-order valence-electron chi connectivity index (χ4n) is 5.49. The zero-order chi connectivity index (χ0) is 24.8. The SMILES string of the molecule is CN1Cc2cc(Nc3ncc(C#N)c(Nc4cccc(P(C)(C)=O)n4)n3)cc3c2C(C)(CCC3)C1. The number of nitriles is 1. The topological polar surface area (TPSA) is 107 Å². The molecule has 0 fully saturated rings. The van der Waals surface area contributed by atoms with Gasteiger partial charge in [-0.25, -0.2) is 9.97 Å². The highest BCUT2D eigenvalue weighted by Gasteiger charge is 2.38. The number of benzene rings is 1. The Balaban J connectivity index is 1.46. The van der Waals surface area contributed by atoms with Gasteiger partial charge < -0.3 is 20.1 Å². The Hall–Kier alpha value is -3.27. The van der Waals surface area contributed by atoms with Crippen molar-refractivity contribution in [2.45, 2.75) is 38.1 Å². The molecule has 1 aromatic carbocycles. The Morgan fingerprint density at radius 3 is 2.74 bits per heavy atom. The van der Waals surface area contributed by atoms with Crippen LogP contribution in [0.4, 0.5) is 23.3 Å². The van der Waals surface area contributed by atoms with E-state index in [1.54, 1.807) is 31.5 Å². The molecule has 0 saturated carbocycles. The van der Waals surface area contributed by atoms with Crippen molar-refractivity contribution in [1.29, 1.82) is 5.26 Å². The minimum absolute atomic E-state index is 0.207. The average Bonchev–Trinajstić information content (AvgIpc) is 2.78. The molecule has 3 heterocycles. The summed E-state index contributed by atoms with van der Waals surface area (Å²) >= 11 is 0. The minimum Gasteiger partial charge on any atom is -0.324 e. The summed E-state index contributed by atoms with van der Waals surface area (Å²) in [6, 6.07) is 11.9. The van der Waals surface area contributed by atoms with Gasteiger partial charge in [0.05, 0.1) is 6.20 Å². The van der Waals surface area contributed by atoms with Crippen LogP contribution in [0.1, 0.15) is 42.0 Å². The van der Waals surface area contributed by atoms with E-state index in [9.17, 15) is 9.83 Å². The van der Waals surface area contributed by atoms with E-state index in [0.29, 0.717) is 28.6 Å². The number of nitrogens with zero attached hydrogens (tertiary/aromatic N) is 5. The Morgan fingerprint density at radius 2 is 1.97 bits per heavy atom. The molecule has 8 nitrogen and oxygen atoms in total. The molecular weight excluding hydrogens is 457 g/mol. The number of aromatic nitrogens is 3. The first-order valence-corrected chi connectivity index (χ1v) is 14.4. The smallest absolute Gasteiger partial charge is 0.229 e. The highest BCUT2D eigenvalue weighted by Crippen LogP contribution is 2.44. The highest BCUT2D eigenvalue weighted by atomic mass is 31.2. The lowest BCUT2D eigenvalue weighted by atomic mass is 9.67. The summed E-state index contributed by atoms with van der Waals surface area (Å²) in [6.45, 7) is 7.76. The molecule has 2 aromatic heterocycles. The molecular formula is C26H30N7OP. The van der Waals surface area contributed by atoms with Crippen LogP contribution in [0.5, 0.6) is 0 Å². The number of nitrogens with one attached hydrogen (secondary N) is 2. The third-order valence-corrected chi connectivity index (χ3v) is 8.19. The summed E-state index contributed by atoms with van der Waals surface area (Å²) in [6.07, 6.45) is 4.99. The predicted molar refractivity (Wildman–Crippen MR) is 140 cm³/mol. The van der Waals surface area contributed by atoms with Crippen LogP contribution in [-0.4, -0.2) is 46.8 Å². The molecule has 0 bridgehead atoms. The van der Waals surface area contributed by atoms with Gasteiger partial charge >= 0.3 is 0 Å². The number of hydrogen-bond donors (Lipinski definition) is 2. The molecule has 35 heavy (non-hydrogen) atoms. The molecule has 0 spiro atoms. The summed E-state index contributed by atoms with van der Waals surface area (Å²) in [7, 11) is -0.332. The van der Waals surface area contributed by atoms with Gasteiger partial charge in [0.25, 0.3) is 0 Å². The summed E-state index contributed by atoms with van der Waals surface area (Å²) in [5.41, 5.74) is 6.27. The third kappa shape index (κ3) is 4.67. The Kier molecular flexibility index (Phi) is 5.86. The van der Waals surface area contributed by atoms with E-state index in [0.717, 1.165) is 25.2 Å². The number of aryl methyl sites for hydroxylation is 1. The largest absolute Gasteiger partial charge is 0.324 e. The second-order valence-electron chi connectivity index (χ2n) is 10.3. The van der Waals surface area contributed by atoms with E-state index in [1.165, 1.54) is 35.7 Å². The zero-order valence-corrected chi connectivity index (χ0v) is 21.5. The molecule has 180 valence electrons. The van der Waals surface area contributed by atoms with Gasteiger partial charge in [-0.05, 0) is 80.6 Å². The zero-order valence-electron chi connectivity index (χ0n) is 20.6. The predicted octanol–water partition coefficient (Wildman–Crippen LogP) is 4.52. The van der Waals surface area contributed by atoms with Crippen molar-refractivity contribution < 1.29 is 4.57 Å². The lowest BCUT2D eigenvalue weighted by molar-refractivity contribution is 0.203. The van der Waals surface area contributed by atoms with E-state index in [-0.39, 0.29) is 5.41 Å². The van der Waals surface area contributed by atoms with Crippen LogP contribution < -0.4 is 16.1 Å². The second-order valence-corrected chi connectivity index (χ2v) is 13.5. The fraction of sp³-hybridized carbons (Fsp3) is 0.385. The number of rotatable bonds is 5. The molecule has 3 aromatic rings. The van der Waals surface area contributed by atoms with Crippen molar-refractivity contribution in [1.82, 2.24) is 19.9 Å². The monoisotopic (exact) mass is 487 g/mol. The van der Waals surface area contributed by atoms with Crippen LogP contribution in [0.15, 0.2) is 36.5 Å². The van der Waals surface area contributed by atoms with Gasteiger partial charge in [0, 0.05) is 24.2 Å². The number of pyridine rings is 1. The molecule has 2 aliphatic rings. The molecule has 1 aliphatic carbocycles. The lowest BCUT2D eigenvalue weighted by Gasteiger charge is -2.45. The fourth-order valence-corrected chi connectivity index (χ4v) is 6.29. The average molecular weight is 488 g/mol. The first kappa shape index (κ1) is 23.5. The first-order chi connectivity index (χ1) is 16.6. The maximum Gasteiger partial charge on any atom is 0.229 e. The third-order valence-electron chi connectivity index (χ3n) is 6.84. The highest BCUT2D eigenvalue weighted by molar-refractivity contribution is 7.69. The molecule has 5 rings (SSSR count). The van der Waals surface area contributed by atoms with Crippen molar-refractivity contribution in [2.24, 2.45) is 0 Å². The normalized spacial score (nSPS) is 19.5. The van der Waals surface area contributed by atoms with Crippen molar-refractivity contribution in [3.05, 3.63) is 58.8 Å². The van der Waals surface area contributed by atoms with E-state index in [4.69, 9.17) is 0 Å². The van der Waals surface area contributed by atoms with Crippen molar-refractivity contribution in [3.63, 3.8) is 0 Å². The van der Waals surface area contributed by atoms with Crippen LogP contribution in [-0.2, 0) is 22.9 Å². The summed E-state index contributed by atoms with van der Waals surface area (Å²) in [5.74, 6) is 1.23. The second kappa shape index (κ2) is 8.75. The van der Waals surface area contributed by atoms with Crippen LogP contribution >= 0.6 is 7.14 Å². The van der Waals surface area contributed by atoms with Gasteiger partial charge in [-0.2, -0.15) is 10.2 Å². The van der Waals surface area contributed by atoms with Gasteiger partial charge in [-0.15, -0.1) is 0 Å². The summed E-state index contributed by atoms with van der Waals surface area (Å²) in [5, 5.41) is 16.0. The quantitative estimate of drug-likeness (QED) is 0.506. The van der Waals surface area contributed by atoms with Crippen molar-refractivity contribution in [2.75, 3.05) is 37.6 Å². The molecule has 1 atom stereocenters. The Morgan fingerprint density at radius 1 is 1.17 bits per heavy atom. The van der Waals surface area contributed by atoms with Gasteiger partial charge in [-0.3, -0.25) is 0 Å². The van der Waals surface area contributed by atoms with Crippen LogP contribution in [0.2, 0.25) is 0 Å². The molecule has 1 aliphatic heterocycles. The molecule has 2 N–H and O–H groups in total. The first-order valence-electron chi connectivity index (χ1n) is 11.8. The van der Waals surface area contributed by atoms with Gasteiger partial charge in [-0.1, -0.05) is 13.0 Å². The Labute approximate surface area is 206 Å². The van der Waals surface area contributed by atoms with E-state index < -0.39 is 7.14 Å². The van der Waals surface area contributed by atoms with Crippen LogP contribution in [0, 0.1) is 11.3 Å². The van der Waals surface area contributed by atoms with E-state index in [2.05, 4.69) is 62.7 Å². The molecule has 0 saturated heterocycles. The molecule has 9 heteroatoms. The van der Waals surface area contributed by atoms with Crippen LogP contribution in [0.3, 0.4) is 0 Å². The number of anilines is 4. The van der Waals surface area contributed by atoms with Crippen LogP contribution in [0.25, 0.3) is 0 Å². The van der Waals surface area contributed by atoms with Gasteiger partial charge in [0.1, 0.15) is 30.0 Å². The number of hydrogen-bond acceptors (Lipinski definition) is 8. The summed E-state index contributed by atoms with van der Waals surface area (Å²) in [4.78, 5) is 15.8.